The van der Waals surface area contributed by atoms with Gasteiger partial charge in [-0.05, 0) is 6.92 Å². The van der Waals surface area contributed by atoms with Crippen LogP contribution >= 0.6 is 23.2 Å². The molecule has 0 saturated heterocycles. The Bertz CT molecular complexity index is 103. The smallest absolute Gasteiger partial charge is 0.118 e. The molecule has 0 bridgehead atoms. The monoisotopic (exact) mass is 153 g/mol. The summed E-state index contributed by atoms with van der Waals surface area (Å²) in [6.07, 6.45) is 0. The predicted octanol–water partition coefficient (Wildman–Crippen LogP) is 2.21. The van der Waals surface area contributed by atoms with Crippen LogP contribution in [0.15, 0.2) is 10.2 Å². The van der Waals surface area contributed by atoms with E-state index in [1.807, 2.05) is 14.1 Å². The van der Waals surface area contributed by atoms with E-state index in [0.717, 1.165) is 0 Å². The fourth-order valence-corrected chi connectivity index (χ4v) is 0.477. The molecular weight excluding hydrogens is 145 g/mol. The van der Waals surface area contributed by atoms with E-state index in [1.54, 1.807) is 11.8 Å². The normalized spacial score (nSPS) is 13.1. The first-order chi connectivity index (χ1) is 3.55. The lowest BCUT2D eigenvalue weighted by atomic mass is 10.6. The van der Waals surface area contributed by atoms with Crippen LogP contribution in [0.1, 0.15) is 6.92 Å². The van der Waals surface area contributed by atoms with Crippen molar-refractivity contribution >= 4 is 23.2 Å². The standard InChI is InChI=1S/C5H9Cl2N/c1-4(6)5(7)8(2)3/h1-3H3/b5-4-. The first kappa shape index (κ1) is 8.12. The van der Waals surface area contributed by atoms with Crippen LogP contribution in [0.3, 0.4) is 0 Å². The summed E-state index contributed by atoms with van der Waals surface area (Å²) >= 11 is 11.2. The van der Waals surface area contributed by atoms with Gasteiger partial charge in [-0.3, -0.25) is 0 Å². The number of hydrogen-bond donors (Lipinski definition) is 0. The number of nitrogens with zero attached hydrogens (tertiary/aromatic N) is 1. The Balaban J connectivity index is 4.00. The van der Waals surface area contributed by atoms with Gasteiger partial charge in [0.15, 0.2) is 0 Å². The highest BCUT2D eigenvalue weighted by Crippen LogP contribution is 2.13. The van der Waals surface area contributed by atoms with Crippen molar-refractivity contribution in [2.75, 3.05) is 14.1 Å². The van der Waals surface area contributed by atoms with Crippen molar-refractivity contribution in [2.24, 2.45) is 0 Å². The van der Waals surface area contributed by atoms with Crippen LogP contribution in [0.25, 0.3) is 0 Å². The van der Waals surface area contributed by atoms with Crippen molar-refractivity contribution in [1.29, 1.82) is 0 Å². The molecular formula is C5H9Cl2N. The topological polar surface area (TPSA) is 3.24 Å². The molecule has 0 aliphatic carbocycles. The predicted molar refractivity (Wildman–Crippen MR) is 38.1 cm³/mol. The molecule has 8 heavy (non-hydrogen) atoms. The zero-order valence-electron chi connectivity index (χ0n) is 5.20. The third-order valence-electron chi connectivity index (χ3n) is 0.677. The second-order valence-corrected chi connectivity index (χ2v) is 2.64. The van der Waals surface area contributed by atoms with Crippen LogP contribution in [-0.2, 0) is 0 Å². The van der Waals surface area contributed by atoms with Gasteiger partial charge in [0.1, 0.15) is 5.16 Å². The summed E-state index contributed by atoms with van der Waals surface area (Å²) in [4.78, 5) is 1.75. The minimum atomic E-state index is 0.590. The molecule has 0 aromatic carbocycles. The highest BCUT2D eigenvalue weighted by molar-refractivity contribution is 6.38. The molecule has 0 N–H and O–H groups in total. The molecule has 0 spiro atoms. The maximum atomic E-state index is 5.62. The summed E-state index contributed by atoms with van der Waals surface area (Å²) < 4.78 is 0. The summed E-state index contributed by atoms with van der Waals surface area (Å²) in [5, 5.41) is 1.21. The van der Waals surface area contributed by atoms with Crippen LogP contribution in [-0.4, -0.2) is 19.0 Å². The van der Waals surface area contributed by atoms with Crippen LogP contribution < -0.4 is 0 Å². The van der Waals surface area contributed by atoms with Gasteiger partial charge in [0.05, 0.1) is 5.03 Å². The lowest BCUT2D eigenvalue weighted by Crippen LogP contribution is -2.06. The molecule has 0 heterocycles. The molecule has 48 valence electrons. The molecule has 0 fully saturated rings. The van der Waals surface area contributed by atoms with Gasteiger partial charge in [0.2, 0.25) is 0 Å². The van der Waals surface area contributed by atoms with Crippen molar-refractivity contribution in [3.63, 3.8) is 0 Å². The third-order valence-corrected chi connectivity index (χ3v) is 1.57. The Morgan fingerprint density at radius 1 is 1.25 bits per heavy atom. The number of allylic oxidation sites excluding steroid dienone is 1. The van der Waals surface area contributed by atoms with Crippen molar-refractivity contribution in [1.82, 2.24) is 4.90 Å². The molecule has 0 amide bonds. The van der Waals surface area contributed by atoms with E-state index in [1.165, 1.54) is 0 Å². The van der Waals surface area contributed by atoms with Gasteiger partial charge in [-0.25, -0.2) is 0 Å². The Labute approximate surface area is 59.9 Å². The highest BCUT2D eigenvalue weighted by Gasteiger charge is 1.95. The molecule has 0 aliphatic rings. The van der Waals surface area contributed by atoms with Gasteiger partial charge in [0.25, 0.3) is 0 Å². The molecule has 0 atom stereocenters. The first-order valence-electron chi connectivity index (χ1n) is 2.25. The van der Waals surface area contributed by atoms with E-state index in [4.69, 9.17) is 23.2 Å². The molecule has 0 saturated carbocycles. The Kier molecular flexibility index (Phi) is 3.25. The van der Waals surface area contributed by atoms with Gasteiger partial charge < -0.3 is 4.90 Å². The van der Waals surface area contributed by atoms with E-state index < -0.39 is 0 Å². The minimum Gasteiger partial charge on any atom is -0.368 e. The van der Waals surface area contributed by atoms with E-state index in [0.29, 0.717) is 10.2 Å². The van der Waals surface area contributed by atoms with Crippen molar-refractivity contribution in [3.8, 4) is 0 Å². The van der Waals surface area contributed by atoms with Crippen LogP contribution in [0, 0.1) is 0 Å². The molecule has 1 nitrogen and oxygen atoms in total. The maximum absolute atomic E-state index is 5.62. The van der Waals surface area contributed by atoms with Gasteiger partial charge in [-0.15, -0.1) is 0 Å². The molecule has 3 heteroatoms. The van der Waals surface area contributed by atoms with Gasteiger partial charge >= 0.3 is 0 Å². The highest BCUT2D eigenvalue weighted by atomic mass is 35.5. The number of halogens is 2. The lowest BCUT2D eigenvalue weighted by Gasteiger charge is -2.09. The molecule has 0 aliphatic heterocycles. The summed E-state index contributed by atoms with van der Waals surface area (Å²) in [5.41, 5.74) is 0. The van der Waals surface area contributed by atoms with E-state index in [9.17, 15) is 0 Å². The van der Waals surface area contributed by atoms with E-state index in [-0.39, 0.29) is 0 Å². The van der Waals surface area contributed by atoms with E-state index in [2.05, 4.69) is 0 Å². The summed E-state index contributed by atoms with van der Waals surface area (Å²) in [6.45, 7) is 1.75. The summed E-state index contributed by atoms with van der Waals surface area (Å²) in [7, 11) is 3.68. The first-order valence-corrected chi connectivity index (χ1v) is 3.00. The number of rotatable bonds is 1. The molecule has 0 aromatic heterocycles. The molecule has 0 rings (SSSR count). The van der Waals surface area contributed by atoms with Crippen LogP contribution in [0.4, 0.5) is 0 Å². The summed E-state index contributed by atoms with van der Waals surface area (Å²) in [6, 6.07) is 0. The quantitative estimate of drug-likeness (QED) is 0.523. The van der Waals surface area contributed by atoms with E-state index >= 15 is 0 Å². The average molecular weight is 154 g/mol. The third kappa shape index (κ3) is 2.43. The molecule has 0 unspecified atom stereocenters. The second-order valence-electron chi connectivity index (χ2n) is 1.72. The maximum Gasteiger partial charge on any atom is 0.118 e. The summed E-state index contributed by atoms with van der Waals surface area (Å²) in [5.74, 6) is 0. The van der Waals surface area contributed by atoms with Crippen LogP contribution in [0.5, 0.6) is 0 Å². The van der Waals surface area contributed by atoms with Crippen molar-refractivity contribution < 1.29 is 0 Å². The number of hydrogen-bond acceptors (Lipinski definition) is 1. The molecule has 0 radical (unpaired) electrons. The SMILES string of the molecule is C/C(Cl)=C(\Cl)N(C)C. The van der Waals surface area contributed by atoms with Crippen LogP contribution in [0.2, 0.25) is 0 Å². The van der Waals surface area contributed by atoms with Gasteiger partial charge in [-0.1, -0.05) is 23.2 Å². The lowest BCUT2D eigenvalue weighted by molar-refractivity contribution is 0.544. The fourth-order valence-electron chi connectivity index (χ4n) is 0.308. The van der Waals surface area contributed by atoms with Crippen molar-refractivity contribution in [2.45, 2.75) is 6.92 Å². The molecule has 0 aromatic rings. The van der Waals surface area contributed by atoms with Gasteiger partial charge in [-0.2, -0.15) is 0 Å². The van der Waals surface area contributed by atoms with Gasteiger partial charge in [0, 0.05) is 14.1 Å². The fraction of sp³-hybridized carbons (Fsp3) is 0.600. The largest absolute Gasteiger partial charge is 0.368 e. The Morgan fingerprint density at radius 2 is 1.62 bits per heavy atom. The van der Waals surface area contributed by atoms with Crippen molar-refractivity contribution in [3.05, 3.63) is 10.2 Å². The zero-order valence-corrected chi connectivity index (χ0v) is 6.72. The minimum absolute atomic E-state index is 0.590. The second kappa shape index (κ2) is 3.21. The Hall–Kier alpha value is 0.120. The average Bonchev–Trinajstić information content (AvgIpc) is 1.64. The zero-order chi connectivity index (χ0) is 6.73. The Morgan fingerprint density at radius 3 is 1.62 bits per heavy atom.